The van der Waals surface area contributed by atoms with Crippen molar-refractivity contribution in [2.45, 2.75) is 20.4 Å². The summed E-state index contributed by atoms with van der Waals surface area (Å²) in [5.74, 6) is 0.866. The van der Waals surface area contributed by atoms with Crippen molar-refractivity contribution in [3.63, 3.8) is 0 Å². The largest absolute Gasteiger partial charge is 0.337 e. The smallest absolute Gasteiger partial charge is 0.269 e. The molecule has 0 N–H and O–H groups in total. The summed E-state index contributed by atoms with van der Waals surface area (Å²) in [7, 11) is 0. The molecule has 0 spiro atoms. The van der Waals surface area contributed by atoms with Gasteiger partial charge in [-0.15, -0.1) is 0 Å². The quantitative estimate of drug-likeness (QED) is 0.760. The van der Waals surface area contributed by atoms with Crippen molar-refractivity contribution < 1.29 is 4.52 Å². The minimum atomic E-state index is -0.344. The van der Waals surface area contributed by atoms with E-state index in [1.165, 1.54) is 10.6 Å². The second-order valence-corrected chi connectivity index (χ2v) is 3.63. The summed E-state index contributed by atoms with van der Waals surface area (Å²) in [6.45, 7) is 3.67. The van der Waals surface area contributed by atoms with Gasteiger partial charge >= 0.3 is 0 Å². The Balaban J connectivity index is 2.46. The first-order valence-electron chi connectivity index (χ1n) is 5.01. The van der Waals surface area contributed by atoms with Crippen LogP contribution in [-0.2, 0) is 6.54 Å². The minimum Gasteiger partial charge on any atom is -0.337 e. The molecule has 0 saturated carbocycles. The van der Waals surface area contributed by atoms with Crippen LogP contribution in [0.1, 0.15) is 23.0 Å². The average Bonchev–Trinajstić information content (AvgIpc) is 2.70. The van der Waals surface area contributed by atoms with Gasteiger partial charge in [-0.2, -0.15) is 10.2 Å². The molecule has 17 heavy (non-hydrogen) atoms. The molecular formula is C11H10N4O2. The van der Waals surface area contributed by atoms with E-state index < -0.39 is 0 Å². The van der Waals surface area contributed by atoms with Crippen LogP contribution in [0, 0.1) is 25.2 Å². The molecule has 0 aliphatic carbocycles. The SMILES string of the molecule is Cc1noc(Cn2c(C)ccc(C#N)c2=O)n1. The predicted molar refractivity (Wildman–Crippen MR) is 58.3 cm³/mol. The molecule has 0 saturated heterocycles. The van der Waals surface area contributed by atoms with Crippen LogP contribution in [0.4, 0.5) is 0 Å². The summed E-state index contributed by atoms with van der Waals surface area (Å²) >= 11 is 0. The van der Waals surface area contributed by atoms with E-state index >= 15 is 0 Å². The monoisotopic (exact) mass is 230 g/mol. The summed E-state index contributed by atoms with van der Waals surface area (Å²) in [4.78, 5) is 15.9. The van der Waals surface area contributed by atoms with Crippen molar-refractivity contribution in [1.82, 2.24) is 14.7 Å². The van der Waals surface area contributed by atoms with E-state index in [-0.39, 0.29) is 17.7 Å². The Kier molecular flexibility index (Phi) is 2.75. The molecule has 0 aliphatic rings. The van der Waals surface area contributed by atoms with Gasteiger partial charge in [0.25, 0.3) is 5.56 Å². The van der Waals surface area contributed by atoms with E-state index in [4.69, 9.17) is 9.78 Å². The Hall–Kier alpha value is -2.42. The molecule has 0 aromatic carbocycles. The molecule has 0 amide bonds. The van der Waals surface area contributed by atoms with Crippen LogP contribution >= 0.6 is 0 Å². The fourth-order valence-corrected chi connectivity index (χ4v) is 1.49. The first-order chi connectivity index (χ1) is 8.11. The number of aryl methyl sites for hydroxylation is 2. The molecule has 2 aromatic rings. The molecule has 0 fully saturated rings. The molecule has 6 heteroatoms. The number of rotatable bonds is 2. The second-order valence-electron chi connectivity index (χ2n) is 3.63. The van der Waals surface area contributed by atoms with E-state index in [2.05, 4.69) is 10.1 Å². The van der Waals surface area contributed by atoms with Crippen molar-refractivity contribution in [1.29, 1.82) is 5.26 Å². The number of pyridine rings is 1. The summed E-state index contributed by atoms with van der Waals surface area (Å²) < 4.78 is 6.38. The van der Waals surface area contributed by atoms with Gasteiger partial charge in [-0.05, 0) is 26.0 Å². The van der Waals surface area contributed by atoms with Crippen molar-refractivity contribution >= 4 is 0 Å². The normalized spacial score (nSPS) is 10.2. The second kappa shape index (κ2) is 4.22. The zero-order chi connectivity index (χ0) is 12.4. The molecule has 2 rings (SSSR count). The lowest BCUT2D eigenvalue weighted by molar-refractivity contribution is 0.365. The minimum absolute atomic E-state index is 0.104. The lowest BCUT2D eigenvalue weighted by Gasteiger charge is -2.06. The van der Waals surface area contributed by atoms with Crippen LogP contribution < -0.4 is 5.56 Å². The van der Waals surface area contributed by atoms with Crippen molar-refractivity contribution in [3.05, 3.63) is 45.5 Å². The summed E-state index contributed by atoms with van der Waals surface area (Å²) in [5, 5.41) is 12.4. The highest BCUT2D eigenvalue weighted by atomic mass is 16.5. The fourth-order valence-electron chi connectivity index (χ4n) is 1.49. The number of aromatic nitrogens is 3. The first kappa shape index (κ1) is 11.1. The molecule has 86 valence electrons. The summed E-state index contributed by atoms with van der Waals surface area (Å²) in [6, 6.07) is 5.07. The van der Waals surface area contributed by atoms with E-state index in [1.807, 2.05) is 6.07 Å². The van der Waals surface area contributed by atoms with Crippen LogP contribution in [0.5, 0.6) is 0 Å². The van der Waals surface area contributed by atoms with E-state index in [1.54, 1.807) is 19.9 Å². The molecule has 0 bridgehead atoms. The molecule has 0 radical (unpaired) electrons. The highest BCUT2D eigenvalue weighted by Crippen LogP contribution is 2.03. The lowest BCUT2D eigenvalue weighted by Crippen LogP contribution is -2.25. The lowest BCUT2D eigenvalue weighted by atomic mass is 10.2. The number of nitrogens with zero attached hydrogens (tertiary/aromatic N) is 4. The third-order valence-electron chi connectivity index (χ3n) is 2.38. The van der Waals surface area contributed by atoms with Gasteiger partial charge in [0, 0.05) is 5.69 Å². The standard InChI is InChI=1S/C11H10N4O2/c1-7-3-4-9(5-12)11(16)15(7)6-10-13-8(2)14-17-10/h3-4H,6H2,1-2H3. The van der Waals surface area contributed by atoms with E-state index in [0.29, 0.717) is 11.7 Å². The number of hydrogen-bond donors (Lipinski definition) is 0. The van der Waals surface area contributed by atoms with Gasteiger partial charge in [0.1, 0.15) is 18.2 Å². The van der Waals surface area contributed by atoms with Crippen molar-refractivity contribution in [2.24, 2.45) is 0 Å². The van der Waals surface area contributed by atoms with Gasteiger partial charge in [0.05, 0.1) is 0 Å². The maximum absolute atomic E-state index is 11.9. The third kappa shape index (κ3) is 2.08. The summed E-state index contributed by atoms with van der Waals surface area (Å²) in [5.41, 5.74) is 0.500. The van der Waals surface area contributed by atoms with Crippen LogP contribution in [0.2, 0.25) is 0 Å². The average molecular weight is 230 g/mol. The molecule has 0 atom stereocenters. The van der Waals surface area contributed by atoms with Crippen LogP contribution in [0.3, 0.4) is 0 Å². The van der Waals surface area contributed by atoms with Gasteiger partial charge in [-0.1, -0.05) is 5.16 Å². The third-order valence-corrected chi connectivity index (χ3v) is 2.38. The van der Waals surface area contributed by atoms with Gasteiger partial charge in [-0.25, -0.2) is 0 Å². The van der Waals surface area contributed by atoms with Crippen LogP contribution in [-0.4, -0.2) is 14.7 Å². The Labute approximate surface area is 97.1 Å². The van der Waals surface area contributed by atoms with Gasteiger partial charge < -0.3 is 9.09 Å². The Bertz CT molecular complexity index is 648. The maximum Gasteiger partial charge on any atom is 0.269 e. The first-order valence-corrected chi connectivity index (χ1v) is 5.01. The molecule has 2 aromatic heterocycles. The zero-order valence-corrected chi connectivity index (χ0v) is 9.47. The Morgan fingerprint density at radius 3 is 2.82 bits per heavy atom. The predicted octanol–water partition coefficient (Wildman–Crippen LogP) is 0.768. The van der Waals surface area contributed by atoms with Crippen LogP contribution in [0.15, 0.2) is 21.5 Å². The van der Waals surface area contributed by atoms with E-state index in [9.17, 15) is 4.79 Å². The number of hydrogen-bond acceptors (Lipinski definition) is 5. The van der Waals surface area contributed by atoms with Gasteiger partial charge in [0.2, 0.25) is 5.89 Å². The van der Waals surface area contributed by atoms with Crippen molar-refractivity contribution in [2.75, 3.05) is 0 Å². The molecular weight excluding hydrogens is 220 g/mol. The van der Waals surface area contributed by atoms with Gasteiger partial charge in [0.15, 0.2) is 5.82 Å². The summed E-state index contributed by atoms with van der Waals surface area (Å²) in [6.07, 6.45) is 0. The Morgan fingerprint density at radius 1 is 1.47 bits per heavy atom. The molecule has 6 nitrogen and oxygen atoms in total. The fraction of sp³-hybridized carbons (Fsp3) is 0.273. The highest BCUT2D eigenvalue weighted by molar-refractivity contribution is 5.27. The number of nitriles is 1. The van der Waals surface area contributed by atoms with Gasteiger partial charge in [-0.3, -0.25) is 4.79 Å². The van der Waals surface area contributed by atoms with Crippen LogP contribution in [0.25, 0.3) is 0 Å². The van der Waals surface area contributed by atoms with E-state index in [0.717, 1.165) is 5.69 Å². The topological polar surface area (TPSA) is 84.7 Å². The molecule has 0 aliphatic heterocycles. The Morgan fingerprint density at radius 2 is 2.24 bits per heavy atom. The van der Waals surface area contributed by atoms with Crippen molar-refractivity contribution in [3.8, 4) is 6.07 Å². The molecule has 2 heterocycles. The highest BCUT2D eigenvalue weighted by Gasteiger charge is 2.10. The molecule has 0 unspecified atom stereocenters. The maximum atomic E-state index is 11.9. The zero-order valence-electron chi connectivity index (χ0n) is 9.47.